The van der Waals surface area contributed by atoms with Crippen molar-refractivity contribution < 1.29 is 9.66 Å². The summed E-state index contributed by atoms with van der Waals surface area (Å²) in [6.45, 7) is 4.20. The van der Waals surface area contributed by atoms with Crippen LogP contribution in [0.15, 0.2) is 47.6 Å². The molecule has 0 atom stereocenters. The third kappa shape index (κ3) is 4.09. The van der Waals surface area contributed by atoms with E-state index in [0.29, 0.717) is 28.3 Å². The predicted molar refractivity (Wildman–Crippen MR) is 105 cm³/mol. The molecule has 0 aliphatic carbocycles. The van der Waals surface area contributed by atoms with Gasteiger partial charge in [-0.25, -0.2) is 5.10 Å². The second kappa shape index (κ2) is 7.92. The zero-order valence-corrected chi connectivity index (χ0v) is 15.6. The fourth-order valence-corrected chi connectivity index (χ4v) is 2.66. The number of nitrogens with one attached hydrogen (secondary N) is 1. The summed E-state index contributed by atoms with van der Waals surface area (Å²) in [5.74, 6) is 1.29. The van der Waals surface area contributed by atoms with E-state index in [1.54, 1.807) is 19.1 Å². The molecule has 0 aliphatic rings. The molecule has 0 unspecified atom stereocenters. The maximum absolute atomic E-state index is 11.1. The molecule has 27 heavy (non-hydrogen) atoms. The van der Waals surface area contributed by atoms with Gasteiger partial charge in [-0.3, -0.25) is 10.1 Å². The molecule has 0 saturated carbocycles. The molecule has 2 aromatic carbocycles. The molecule has 1 N–H and O–H groups in total. The molecule has 0 spiro atoms. The van der Waals surface area contributed by atoms with Gasteiger partial charge in [-0.2, -0.15) is 14.9 Å². The Morgan fingerprint density at radius 3 is 2.74 bits per heavy atom. The molecule has 3 aromatic rings. The van der Waals surface area contributed by atoms with Crippen molar-refractivity contribution in [2.45, 2.75) is 13.8 Å². The number of H-pyrrole nitrogens is 1. The summed E-state index contributed by atoms with van der Waals surface area (Å²) in [6.07, 6.45) is 1.51. The molecule has 1 aromatic heterocycles. The minimum absolute atomic E-state index is 0.0430. The SMILES string of the molecule is CCOc1ccc(-c2n[nH]c(=S)n2/N=C\c2ccc(C)c([N+](=O)[O-])c2)cc1. The van der Waals surface area contributed by atoms with Crippen LogP contribution in [0, 0.1) is 21.8 Å². The maximum atomic E-state index is 11.1. The van der Waals surface area contributed by atoms with E-state index in [1.807, 2.05) is 31.2 Å². The van der Waals surface area contributed by atoms with E-state index in [-0.39, 0.29) is 5.69 Å². The van der Waals surface area contributed by atoms with Crippen molar-refractivity contribution in [3.8, 4) is 17.1 Å². The van der Waals surface area contributed by atoms with E-state index in [2.05, 4.69) is 15.3 Å². The first-order valence-electron chi connectivity index (χ1n) is 8.19. The standard InChI is InChI=1S/C18H17N5O3S/c1-3-26-15-8-6-14(7-9-15)17-20-21-18(27)22(17)19-11-13-5-4-12(2)16(10-13)23(24)25/h4-11H,3H2,1-2H3,(H,21,27)/b19-11-. The molecule has 0 bridgehead atoms. The van der Waals surface area contributed by atoms with Gasteiger partial charge in [0.2, 0.25) is 4.77 Å². The van der Waals surface area contributed by atoms with Gasteiger partial charge in [0.15, 0.2) is 5.82 Å². The van der Waals surface area contributed by atoms with Crippen LogP contribution in [0.25, 0.3) is 11.4 Å². The lowest BCUT2D eigenvalue weighted by Gasteiger charge is -2.04. The van der Waals surface area contributed by atoms with Crippen LogP contribution < -0.4 is 4.74 Å². The van der Waals surface area contributed by atoms with Gasteiger partial charge in [-0.15, -0.1) is 0 Å². The number of ether oxygens (including phenoxy) is 1. The minimum atomic E-state index is -0.415. The molecule has 0 saturated heterocycles. The Hall–Kier alpha value is -3.33. The van der Waals surface area contributed by atoms with Gasteiger partial charge in [-0.05, 0) is 50.3 Å². The lowest BCUT2D eigenvalue weighted by molar-refractivity contribution is -0.385. The van der Waals surface area contributed by atoms with Gasteiger partial charge in [-0.1, -0.05) is 12.1 Å². The first-order valence-corrected chi connectivity index (χ1v) is 8.60. The van der Waals surface area contributed by atoms with Gasteiger partial charge in [0.25, 0.3) is 5.69 Å². The molecule has 1 heterocycles. The van der Waals surface area contributed by atoms with E-state index in [4.69, 9.17) is 17.0 Å². The fraction of sp³-hybridized carbons (Fsp3) is 0.167. The zero-order valence-electron chi connectivity index (χ0n) is 14.7. The summed E-state index contributed by atoms with van der Waals surface area (Å²) in [5, 5.41) is 22.4. The number of aromatic nitrogens is 3. The lowest BCUT2D eigenvalue weighted by atomic mass is 10.1. The molecule has 138 valence electrons. The third-order valence-electron chi connectivity index (χ3n) is 3.83. The normalized spacial score (nSPS) is 11.0. The van der Waals surface area contributed by atoms with Gasteiger partial charge in [0, 0.05) is 22.8 Å². The highest BCUT2D eigenvalue weighted by molar-refractivity contribution is 7.71. The molecule has 8 nitrogen and oxygen atoms in total. The largest absolute Gasteiger partial charge is 0.494 e. The first-order chi connectivity index (χ1) is 13.0. The smallest absolute Gasteiger partial charge is 0.272 e. The van der Waals surface area contributed by atoms with E-state index in [9.17, 15) is 10.1 Å². The number of hydrogen-bond acceptors (Lipinski definition) is 6. The number of aromatic amines is 1. The second-order valence-corrected chi connectivity index (χ2v) is 6.06. The summed E-state index contributed by atoms with van der Waals surface area (Å²) in [4.78, 5) is 10.7. The van der Waals surface area contributed by atoms with Gasteiger partial charge < -0.3 is 4.74 Å². The second-order valence-electron chi connectivity index (χ2n) is 5.67. The van der Waals surface area contributed by atoms with Crippen LogP contribution >= 0.6 is 12.2 Å². The van der Waals surface area contributed by atoms with Crippen molar-refractivity contribution in [2.24, 2.45) is 5.10 Å². The van der Waals surface area contributed by atoms with E-state index >= 15 is 0 Å². The highest BCUT2D eigenvalue weighted by atomic mass is 32.1. The van der Waals surface area contributed by atoms with Crippen LogP contribution in [0.4, 0.5) is 5.69 Å². The summed E-state index contributed by atoms with van der Waals surface area (Å²) >= 11 is 5.24. The highest BCUT2D eigenvalue weighted by Crippen LogP contribution is 2.22. The molecule has 0 aliphatic heterocycles. The number of nitro groups is 1. The topological polar surface area (TPSA) is 98.3 Å². The Kier molecular flexibility index (Phi) is 5.41. The van der Waals surface area contributed by atoms with Gasteiger partial charge in [0.1, 0.15) is 5.75 Å². The molecular formula is C18H17N5O3S. The van der Waals surface area contributed by atoms with E-state index in [0.717, 1.165) is 11.3 Å². The van der Waals surface area contributed by atoms with Crippen molar-refractivity contribution in [2.75, 3.05) is 6.61 Å². The summed E-state index contributed by atoms with van der Waals surface area (Å²) in [7, 11) is 0. The first kappa shape index (κ1) is 18.5. The summed E-state index contributed by atoms with van der Waals surface area (Å²) in [5.41, 5.74) is 2.03. The zero-order chi connectivity index (χ0) is 19.4. The van der Waals surface area contributed by atoms with Crippen LogP contribution in [-0.4, -0.2) is 32.6 Å². The van der Waals surface area contributed by atoms with Crippen LogP contribution in [0.2, 0.25) is 0 Å². The third-order valence-corrected chi connectivity index (χ3v) is 4.09. The van der Waals surface area contributed by atoms with E-state index < -0.39 is 4.92 Å². The number of nitro benzene ring substituents is 1. The molecule has 9 heteroatoms. The average Bonchev–Trinajstić information content (AvgIpc) is 3.02. The van der Waals surface area contributed by atoms with Crippen molar-refractivity contribution in [3.63, 3.8) is 0 Å². The predicted octanol–water partition coefficient (Wildman–Crippen LogP) is 4.11. The number of benzene rings is 2. The minimum Gasteiger partial charge on any atom is -0.494 e. The van der Waals surface area contributed by atoms with Gasteiger partial charge >= 0.3 is 0 Å². The summed E-state index contributed by atoms with van der Waals surface area (Å²) in [6, 6.07) is 12.3. The van der Waals surface area contributed by atoms with Crippen molar-refractivity contribution in [1.29, 1.82) is 0 Å². The van der Waals surface area contributed by atoms with E-state index in [1.165, 1.54) is 17.0 Å². The Bertz CT molecular complexity index is 1050. The quantitative estimate of drug-likeness (QED) is 0.299. The molecule has 0 amide bonds. The van der Waals surface area contributed by atoms with Crippen LogP contribution in [0.5, 0.6) is 5.75 Å². The monoisotopic (exact) mass is 383 g/mol. The number of hydrogen-bond donors (Lipinski definition) is 1. The Morgan fingerprint density at radius 2 is 2.07 bits per heavy atom. The summed E-state index contributed by atoms with van der Waals surface area (Å²) < 4.78 is 7.22. The molecule has 0 fully saturated rings. The fourth-order valence-electron chi connectivity index (χ4n) is 2.48. The number of rotatable bonds is 6. The average molecular weight is 383 g/mol. The lowest BCUT2D eigenvalue weighted by Crippen LogP contribution is -1.97. The molecule has 3 rings (SSSR count). The Morgan fingerprint density at radius 1 is 1.33 bits per heavy atom. The Labute approximate surface area is 160 Å². The maximum Gasteiger partial charge on any atom is 0.272 e. The highest BCUT2D eigenvalue weighted by Gasteiger charge is 2.11. The number of nitrogens with zero attached hydrogens (tertiary/aromatic N) is 4. The molecule has 0 radical (unpaired) electrons. The Balaban J connectivity index is 1.93. The van der Waals surface area contributed by atoms with Crippen LogP contribution in [0.3, 0.4) is 0 Å². The van der Waals surface area contributed by atoms with Crippen LogP contribution in [-0.2, 0) is 0 Å². The van der Waals surface area contributed by atoms with Gasteiger partial charge in [0.05, 0.1) is 17.7 Å². The van der Waals surface area contributed by atoms with Crippen molar-refractivity contribution >= 4 is 24.1 Å². The molecular weight excluding hydrogens is 366 g/mol. The van der Waals surface area contributed by atoms with Crippen LogP contribution in [0.1, 0.15) is 18.1 Å². The number of aryl methyl sites for hydroxylation is 1. The van der Waals surface area contributed by atoms with Crippen molar-refractivity contribution in [1.82, 2.24) is 14.9 Å². The van der Waals surface area contributed by atoms with Crippen molar-refractivity contribution in [3.05, 3.63) is 68.5 Å².